The Morgan fingerprint density at radius 2 is 1.71 bits per heavy atom. The molecule has 1 aliphatic heterocycles. The van der Waals surface area contributed by atoms with Gasteiger partial charge in [0, 0.05) is 32.0 Å². The molecule has 0 spiro atoms. The molecule has 1 amide bonds. The third-order valence-corrected chi connectivity index (χ3v) is 9.65. The standard InChI is InChI=1S/C36H42F4N8O4/c1-2-28(49)44-26-19-27(31(30(26)50)52-34(51)36(38,39)40)48-21-43-29-32(45-35(46-33(29)48)41-15-18-47-16-7-4-8-17-47)42-20-25(22-9-5-3-6-10-22)23-11-13-24(37)14-12-23/h3,5-6,9-14,21,25-27,30-31,50H,2,4,7-8,15-20H2,1H3,(H,44,49)(H2,41,42,45,46)/t25?,26-,27+,30+,31-/m0/s1. The first-order valence-corrected chi connectivity index (χ1v) is 17.5. The molecule has 0 bridgehead atoms. The van der Waals surface area contributed by atoms with Crippen molar-refractivity contribution in [3.05, 3.63) is 77.9 Å². The van der Waals surface area contributed by atoms with Crippen LogP contribution in [-0.4, -0.2) is 98.6 Å². The van der Waals surface area contributed by atoms with E-state index in [9.17, 15) is 32.3 Å². The summed E-state index contributed by atoms with van der Waals surface area (Å²) in [5, 5.41) is 20.4. The van der Waals surface area contributed by atoms with Gasteiger partial charge in [-0.1, -0.05) is 55.8 Å². The molecule has 1 unspecified atom stereocenters. The van der Waals surface area contributed by atoms with Gasteiger partial charge < -0.3 is 35.3 Å². The van der Waals surface area contributed by atoms with Crippen LogP contribution >= 0.6 is 0 Å². The molecule has 1 aliphatic carbocycles. The van der Waals surface area contributed by atoms with E-state index >= 15 is 0 Å². The average molecular weight is 727 g/mol. The number of likely N-dealkylation sites (tertiary alicyclic amines) is 1. The van der Waals surface area contributed by atoms with Crippen LogP contribution in [0.25, 0.3) is 11.2 Å². The molecule has 3 heterocycles. The smallest absolute Gasteiger partial charge is 0.451 e. The summed E-state index contributed by atoms with van der Waals surface area (Å²) in [7, 11) is 0. The molecule has 4 N–H and O–H groups in total. The number of amides is 1. The largest absolute Gasteiger partial charge is 0.490 e. The summed E-state index contributed by atoms with van der Waals surface area (Å²) in [6, 6.07) is 13.8. The Morgan fingerprint density at radius 1 is 1.00 bits per heavy atom. The van der Waals surface area contributed by atoms with Gasteiger partial charge in [0.1, 0.15) is 11.9 Å². The van der Waals surface area contributed by atoms with Crippen LogP contribution in [0.5, 0.6) is 0 Å². The van der Waals surface area contributed by atoms with Crippen LogP contribution in [0.1, 0.15) is 62.1 Å². The predicted octanol–water partition coefficient (Wildman–Crippen LogP) is 4.78. The van der Waals surface area contributed by atoms with Crippen molar-refractivity contribution in [2.24, 2.45) is 0 Å². The molecule has 5 atom stereocenters. The maximum Gasteiger partial charge on any atom is 0.490 e. The van der Waals surface area contributed by atoms with Crippen molar-refractivity contribution in [1.29, 1.82) is 0 Å². The number of nitrogens with one attached hydrogen (secondary N) is 3. The summed E-state index contributed by atoms with van der Waals surface area (Å²) in [5.74, 6) is -2.93. The molecule has 2 aliphatic rings. The Kier molecular flexibility index (Phi) is 11.5. The minimum atomic E-state index is -5.31. The van der Waals surface area contributed by atoms with Gasteiger partial charge in [0.2, 0.25) is 11.9 Å². The van der Waals surface area contributed by atoms with E-state index in [1.807, 2.05) is 30.3 Å². The second-order valence-corrected chi connectivity index (χ2v) is 13.1. The van der Waals surface area contributed by atoms with Crippen LogP contribution < -0.4 is 16.0 Å². The lowest BCUT2D eigenvalue weighted by Gasteiger charge is -2.26. The third kappa shape index (κ3) is 8.61. The van der Waals surface area contributed by atoms with Gasteiger partial charge in [-0.3, -0.25) is 4.79 Å². The summed E-state index contributed by atoms with van der Waals surface area (Å²) in [4.78, 5) is 40.7. The highest BCUT2D eigenvalue weighted by Crippen LogP contribution is 2.38. The van der Waals surface area contributed by atoms with Gasteiger partial charge in [0.15, 0.2) is 23.1 Å². The number of halogens is 4. The molecule has 12 nitrogen and oxygen atoms in total. The van der Waals surface area contributed by atoms with E-state index in [2.05, 4.69) is 25.8 Å². The maximum atomic E-state index is 13.9. The number of aliphatic hydroxyl groups excluding tert-OH is 1. The molecule has 2 aromatic carbocycles. The van der Waals surface area contributed by atoms with Crippen molar-refractivity contribution in [2.45, 2.75) is 75.4 Å². The zero-order valence-corrected chi connectivity index (χ0v) is 28.7. The number of hydrogen-bond acceptors (Lipinski definition) is 10. The molecule has 1 saturated carbocycles. The molecule has 0 radical (unpaired) electrons. The minimum absolute atomic E-state index is 0.0701. The number of hydrogen-bond donors (Lipinski definition) is 4. The maximum absolute atomic E-state index is 13.9. The van der Waals surface area contributed by atoms with Crippen LogP contribution in [0.3, 0.4) is 0 Å². The van der Waals surface area contributed by atoms with Gasteiger partial charge >= 0.3 is 12.1 Å². The number of imidazole rings is 1. The van der Waals surface area contributed by atoms with Crippen LogP contribution in [0.4, 0.5) is 29.3 Å². The van der Waals surface area contributed by atoms with Crippen LogP contribution in [-0.2, 0) is 14.3 Å². The highest BCUT2D eigenvalue weighted by Gasteiger charge is 2.51. The molecule has 1 saturated heterocycles. The number of carbonyl (C=O) groups is 2. The lowest BCUT2D eigenvalue weighted by atomic mass is 9.91. The van der Waals surface area contributed by atoms with Crippen LogP contribution in [0.15, 0.2) is 60.9 Å². The topological polar surface area (TPSA) is 147 Å². The van der Waals surface area contributed by atoms with Crippen molar-refractivity contribution < 1.29 is 37.0 Å². The van der Waals surface area contributed by atoms with Gasteiger partial charge in [0.05, 0.1) is 18.4 Å². The normalized spacial score (nSPS) is 21.5. The van der Waals surface area contributed by atoms with E-state index in [-0.39, 0.29) is 41.7 Å². The molecular formula is C36H42F4N8O4. The Bertz CT molecular complexity index is 1820. The number of piperidine rings is 1. The summed E-state index contributed by atoms with van der Waals surface area (Å²) in [5.41, 5.74) is 2.31. The second kappa shape index (κ2) is 16.2. The van der Waals surface area contributed by atoms with Gasteiger partial charge in [-0.15, -0.1) is 0 Å². The highest BCUT2D eigenvalue weighted by molar-refractivity contribution is 5.84. The van der Waals surface area contributed by atoms with Gasteiger partial charge in [-0.2, -0.15) is 23.1 Å². The molecule has 2 fully saturated rings. The van der Waals surface area contributed by atoms with Crippen LogP contribution in [0, 0.1) is 5.82 Å². The fraction of sp³-hybridized carbons (Fsp3) is 0.472. The lowest BCUT2D eigenvalue weighted by molar-refractivity contribution is -0.209. The number of nitrogens with zero attached hydrogens (tertiary/aromatic N) is 5. The summed E-state index contributed by atoms with van der Waals surface area (Å²) < 4.78 is 60.4. The Balaban J connectivity index is 1.35. The first-order chi connectivity index (χ1) is 25.0. The molecular weight excluding hydrogens is 684 g/mol. The molecule has 6 rings (SSSR count). The number of ether oxygens (including phenoxy) is 1. The SMILES string of the molecule is CCC(=O)N[C@H]1C[C@@H](n2cnc3c(NCC(c4ccccc4)c4ccc(F)cc4)nc(NCCN4CCCCC4)nc32)[C@H](OC(=O)C(F)(F)F)[C@@H]1O. The van der Waals surface area contributed by atoms with Gasteiger partial charge in [-0.25, -0.2) is 14.2 Å². The van der Waals surface area contributed by atoms with Crippen molar-refractivity contribution in [2.75, 3.05) is 43.4 Å². The van der Waals surface area contributed by atoms with Crippen molar-refractivity contribution >= 4 is 34.8 Å². The number of aliphatic hydroxyl groups is 1. The minimum Gasteiger partial charge on any atom is -0.451 e. The predicted molar refractivity (Wildman–Crippen MR) is 185 cm³/mol. The highest BCUT2D eigenvalue weighted by atomic mass is 19.4. The number of alkyl halides is 3. The average Bonchev–Trinajstić information content (AvgIpc) is 3.69. The van der Waals surface area contributed by atoms with Crippen molar-refractivity contribution in [1.82, 2.24) is 29.7 Å². The summed E-state index contributed by atoms with van der Waals surface area (Å²) >= 11 is 0. The summed E-state index contributed by atoms with van der Waals surface area (Å²) in [6.07, 6.45) is -3.83. The second-order valence-electron chi connectivity index (χ2n) is 13.1. The zero-order valence-electron chi connectivity index (χ0n) is 28.7. The molecule has 278 valence electrons. The lowest BCUT2D eigenvalue weighted by Crippen LogP contribution is -2.45. The van der Waals surface area contributed by atoms with E-state index in [0.29, 0.717) is 18.9 Å². The molecule has 52 heavy (non-hydrogen) atoms. The molecule has 16 heteroatoms. The summed E-state index contributed by atoms with van der Waals surface area (Å²) in [6.45, 7) is 5.14. The van der Waals surface area contributed by atoms with Gasteiger partial charge in [-0.05, 0) is 55.6 Å². The first-order valence-electron chi connectivity index (χ1n) is 17.5. The Hall–Kier alpha value is -4.83. The first kappa shape index (κ1) is 36.9. The van der Waals surface area contributed by atoms with Crippen molar-refractivity contribution in [3.8, 4) is 0 Å². The number of fused-ring (bicyclic) bond motifs is 1. The zero-order chi connectivity index (χ0) is 36.8. The fourth-order valence-corrected chi connectivity index (χ4v) is 6.93. The Labute approximate surface area is 298 Å². The third-order valence-electron chi connectivity index (χ3n) is 9.65. The van der Waals surface area contributed by atoms with E-state index in [0.717, 1.165) is 43.6 Å². The molecule has 2 aromatic heterocycles. The quantitative estimate of drug-likeness (QED) is 0.112. The van der Waals surface area contributed by atoms with Gasteiger partial charge in [0.25, 0.3) is 0 Å². The Morgan fingerprint density at radius 3 is 2.40 bits per heavy atom. The monoisotopic (exact) mass is 726 g/mol. The van der Waals surface area contributed by atoms with E-state index in [1.165, 1.54) is 29.4 Å². The van der Waals surface area contributed by atoms with Crippen LogP contribution in [0.2, 0.25) is 0 Å². The van der Waals surface area contributed by atoms with E-state index < -0.39 is 42.3 Å². The number of carbonyl (C=O) groups excluding carboxylic acids is 2. The number of esters is 1. The molecule has 4 aromatic rings. The number of benzene rings is 2. The van der Waals surface area contributed by atoms with E-state index in [1.54, 1.807) is 19.1 Å². The number of rotatable bonds is 13. The number of anilines is 2. The van der Waals surface area contributed by atoms with Crippen molar-refractivity contribution in [3.63, 3.8) is 0 Å². The fourth-order valence-electron chi connectivity index (χ4n) is 6.93. The number of aromatic nitrogens is 4. The van der Waals surface area contributed by atoms with E-state index in [4.69, 9.17) is 14.7 Å².